The molecule has 0 fully saturated rings. The number of carbonyl (C=O) groups excluding carboxylic acids is 2. The number of hydrogen-bond acceptors (Lipinski definition) is 6. The van der Waals surface area contributed by atoms with Crippen LogP contribution in [0.15, 0.2) is 17.2 Å². The van der Waals surface area contributed by atoms with E-state index in [4.69, 9.17) is 4.74 Å². The van der Waals surface area contributed by atoms with E-state index in [9.17, 15) is 14.5 Å². The molecule has 7 heteroatoms. The fraction of sp³-hybridized carbons (Fsp3) is 0.667. The van der Waals surface area contributed by atoms with Crippen molar-refractivity contribution in [1.29, 1.82) is 0 Å². The van der Waals surface area contributed by atoms with Gasteiger partial charge in [0.15, 0.2) is 0 Å². The van der Waals surface area contributed by atoms with Crippen LogP contribution in [0, 0.1) is 4.91 Å². The zero-order valence-electron chi connectivity index (χ0n) is 11.5. The molecule has 0 aromatic heterocycles. The van der Waals surface area contributed by atoms with Crippen LogP contribution in [0.2, 0.25) is 0 Å². The average Bonchev–Trinajstić information content (AvgIpc) is 2.35. The smallest absolute Gasteiger partial charge is 0.330 e. The monoisotopic (exact) mass is 288 g/mol. The van der Waals surface area contributed by atoms with Crippen LogP contribution in [0.1, 0.15) is 33.6 Å². The molecule has 0 unspecified atom stereocenters. The maximum atomic E-state index is 12.0. The van der Waals surface area contributed by atoms with Crippen molar-refractivity contribution < 1.29 is 14.3 Å². The predicted molar refractivity (Wildman–Crippen MR) is 75.5 cm³/mol. The average molecular weight is 288 g/mol. The summed E-state index contributed by atoms with van der Waals surface area (Å²) < 4.78 is 6.90. The number of nitrogens with zero attached hydrogens (tertiary/aromatic N) is 1. The highest BCUT2D eigenvalue weighted by Gasteiger charge is 2.39. The first-order valence-corrected chi connectivity index (χ1v) is 6.74. The Morgan fingerprint density at radius 1 is 1.53 bits per heavy atom. The van der Waals surface area contributed by atoms with Gasteiger partial charge in [-0.3, -0.25) is 4.79 Å². The van der Waals surface area contributed by atoms with E-state index in [0.29, 0.717) is 18.4 Å². The number of ether oxygens (including phenoxy) is 1. The first-order valence-electron chi connectivity index (χ1n) is 5.96. The van der Waals surface area contributed by atoms with Crippen molar-refractivity contribution in [3.63, 3.8) is 0 Å². The van der Waals surface area contributed by atoms with Crippen molar-refractivity contribution in [2.45, 2.75) is 44.4 Å². The third-order valence-corrected chi connectivity index (χ3v) is 3.18. The molecule has 0 spiro atoms. The second-order valence-corrected chi connectivity index (χ2v) is 5.75. The first kappa shape index (κ1) is 17.6. The van der Waals surface area contributed by atoms with Crippen molar-refractivity contribution in [2.24, 2.45) is 4.58 Å². The summed E-state index contributed by atoms with van der Waals surface area (Å²) in [5.41, 5.74) is 0. The normalized spacial score (nSPS) is 12.4. The summed E-state index contributed by atoms with van der Waals surface area (Å²) in [7, 11) is 0. The molecule has 1 amide bonds. The summed E-state index contributed by atoms with van der Waals surface area (Å²) in [5.74, 6) is -0.866. The van der Waals surface area contributed by atoms with Crippen LogP contribution in [-0.2, 0) is 14.3 Å². The van der Waals surface area contributed by atoms with E-state index in [1.807, 2.05) is 0 Å². The molecule has 0 aliphatic carbocycles. The third-order valence-electron chi connectivity index (χ3n) is 2.40. The fourth-order valence-corrected chi connectivity index (χ4v) is 1.71. The lowest BCUT2D eigenvalue weighted by molar-refractivity contribution is -0.148. The lowest BCUT2D eigenvalue weighted by Crippen LogP contribution is -2.53. The lowest BCUT2D eigenvalue weighted by atomic mass is 10.0. The molecule has 1 N–H and O–H groups in total. The summed E-state index contributed by atoms with van der Waals surface area (Å²) in [6, 6.07) is -0.924. The summed E-state index contributed by atoms with van der Waals surface area (Å²) in [5, 5.41) is 2.56. The van der Waals surface area contributed by atoms with Gasteiger partial charge in [0.1, 0.15) is 6.04 Å². The predicted octanol–water partition coefficient (Wildman–Crippen LogP) is 2.19. The second kappa shape index (κ2) is 8.68. The van der Waals surface area contributed by atoms with E-state index in [1.165, 1.54) is 0 Å². The van der Waals surface area contributed by atoms with Crippen LogP contribution in [0.25, 0.3) is 0 Å². The van der Waals surface area contributed by atoms with Crippen molar-refractivity contribution in [2.75, 3.05) is 6.61 Å². The van der Waals surface area contributed by atoms with Gasteiger partial charge in [0.2, 0.25) is 5.91 Å². The minimum atomic E-state index is -0.924. The molecule has 0 aromatic rings. The zero-order chi connectivity index (χ0) is 14.9. The number of esters is 1. The van der Waals surface area contributed by atoms with Crippen LogP contribution in [0.5, 0.6) is 0 Å². The van der Waals surface area contributed by atoms with E-state index in [1.54, 1.807) is 26.8 Å². The molecule has 19 heavy (non-hydrogen) atoms. The number of rotatable bonds is 9. The number of amides is 1. The third kappa shape index (κ3) is 6.37. The van der Waals surface area contributed by atoms with E-state index in [2.05, 4.69) is 16.5 Å². The molecule has 0 saturated carbocycles. The SMILES string of the molecule is C=CCCOC(=O)[C@H](NC(=O)CC)C(C)(C)SN=O. The molecule has 0 radical (unpaired) electrons. The highest BCUT2D eigenvalue weighted by atomic mass is 32.2. The first-order chi connectivity index (χ1) is 8.88. The Labute approximate surface area is 117 Å². The van der Waals surface area contributed by atoms with E-state index < -0.39 is 16.8 Å². The molecule has 0 aromatic carbocycles. The Balaban J connectivity index is 4.83. The molecule has 0 rings (SSSR count). The second-order valence-electron chi connectivity index (χ2n) is 4.37. The molecule has 0 heterocycles. The summed E-state index contributed by atoms with van der Waals surface area (Å²) in [6.45, 7) is 8.68. The molecule has 0 aliphatic heterocycles. The van der Waals surface area contributed by atoms with Gasteiger partial charge in [-0.05, 0) is 20.3 Å². The minimum Gasteiger partial charge on any atom is -0.464 e. The van der Waals surface area contributed by atoms with Crippen LogP contribution in [-0.4, -0.2) is 29.3 Å². The highest BCUT2D eigenvalue weighted by Crippen LogP contribution is 2.29. The summed E-state index contributed by atoms with van der Waals surface area (Å²) in [6.07, 6.45) is 2.39. The Bertz CT molecular complexity index is 345. The van der Waals surface area contributed by atoms with Gasteiger partial charge < -0.3 is 10.1 Å². The highest BCUT2D eigenvalue weighted by molar-refractivity contribution is 7.99. The van der Waals surface area contributed by atoms with Crippen molar-refractivity contribution in [3.8, 4) is 0 Å². The largest absolute Gasteiger partial charge is 0.464 e. The zero-order valence-corrected chi connectivity index (χ0v) is 12.3. The van der Waals surface area contributed by atoms with Gasteiger partial charge in [-0.25, -0.2) is 4.79 Å². The van der Waals surface area contributed by atoms with Crippen molar-refractivity contribution in [1.82, 2.24) is 5.32 Å². The number of nitrogens with one attached hydrogen (secondary N) is 1. The van der Waals surface area contributed by atoms with Gasteiger partial charge in [0.25, 0.3) is 0 Å². The Kier molecular flexibility index (Phi) is 8.06. The summed E-state index contributed by atoms with van der Waals surface area (Å²) >= 11 is 0.695. The van der Waals surface area contributed by atoms with Gasteiger partial charge in [-0.1, -0.05) is 13.0 Å². The molecule has 6 nitrogen and oxygen atoms in total. The van der Waals surface area contributed by atoms with E-state index >= 15 is 0 Å². The Hall–Kier alpha value is -1.37. The number of carbonyl (C=O) groups is 2. The maximum absolute atomic E-state index is 12.0. The van der Waals surface area contributed by atoms with Gasteiger partial charge in [-0.15, -0.1) is 11.5 Å². The quantitative estimate of drug-likeness (QED) is 0.231. The molecule has 0 aliphatic rings. The molecule has 1 atom stereocenters. The van der Waals surface area contributed by atoms with Crippen LogP contribution in [0.3, 0.4) is 0 Å². The number of nitroso groups, excluding NO2 is 1. The Morgan fingerprint density at radius 2 is 2.16 bits per heavy atom. The molecule has 0 saturated heterocycles. The maximum Gasteiger partial charge on any atom is 0.330 e. The van der Waals surface area contributed by atoms with Crippen molar-refractivity contribution >= 4 is 23.8 Å². The molecular formula is C12H20N2O4S. The minimum absolute atomic E-state index is 0.191. The lowest BCUT2D eigenvalue weighted by Gasteiger charge is -2.29. The standard InChI is InChI=1S/C12H20N2O4S/c1-5-7-8-18-11(16)10(13-9(15)6-2)12(3,4)19-14-17/h5,10H,1,6-8H2,2-4H3,(H,13,15)/t10-/m0/s1. The van der Waals surface area contributed by atoms with E-state index in [-0.39, 0.29) is 18.9 Å². The van der Waals surface area contributed by atoms with Crippen LogP contribution < -0.4 is 5.32 Å². The summed E-state index contributed by atoms with van der Waals surface area (Å²) in [4.78, 5) is 33.8. The molecule has 0 bridgehead atoms. The van der Waals surface area contributed by atoms with Gasteiger partial charge in [0, 0.05) is 23.0 Å². The van der Waals surface area contributed by atoms with E-state index in [0.717, 1.165) is 0 Å². The molecular weight excluding hydrogens is 268 g/mol. The van der Waals surface area contributed by atoms with Gasteiger partial charge >= 0.3 is 5.97 Å². The number of hydrogen-bond donors (Lipinski definition) is 1. The van der Waals surface area contributed by atoms with Crippen LogP contribution in [0.4, 0.5) is 0 Å². The van der Waals surface area contributed by atoms with Gasteiger partial charge in [-0.2, -0.15) is 0 Å². The van der Waals surface area contributed by atoms with Crippen molar-refractivity contribution in [3.05, 3.63) is 17.6 Å². The van der Waals surface area contributed by atoms with Gasteiger partial charge in [0.05, 0.1) is 11.4 Å². The topological polar surface area (TPSA) is 84.8 Å². The Morgan fingerprint density at radius 3 is 2.63 bits per heavy atom. The fourth-order valence-electron chi connectivity index (χ4n) is 1.25. The molecule has 108 valence electrons. The van der Waals surface area contributed by atoms with Crippen LogP contribution >= 0.6 is 11.9 Å².